The number of ketones is 1. The molecular weight excluding hydrogens is 478 g/mol. The Morgan fingerprint density at radius 3 is 2.29 bits per heavy atom. The number of rotatable bonds is 6. The molecule has 1 saturated heterocycles. The molecule has 5 rings (SSSR count). The van der Waals surface area contributed by atoms with Gasteiger partial charge in [0.2, 0.25) is 0 Å². The number of nitrogens with one attached hydrogen (secondary N) is 1. The fraction of sp³-hybridized carbons (Fsp3) is 0.323. The third-order valence-electron chi connectivity index (χ3n) is 7.40. The number of carbonyl (C=O) groups excluding carboxylic acids is 2. The third kappa shape index (κ3) is 5.07. The van der Waals surface area contributed by atoms with Crippen LogP contribution in [0.25, 0.3) is 0 Å². The number of carbonyl (C=O) groups is 3. The minimum absolute atomic E-state index is 0.0250. The van der Waals surface area contributed by atoms with E-state index in [4.69, 9.17) is 0 Å². The maximum absolute atomic E-state index is 14.0. The summed E-state index contributed by atoms with van der Waals surface area (Å²) in [6, 6.07) is 21.3. The summed E-state index contributed by atoms with van der Waals surface area (Å²) in [6.45, 7) is 8.45. The van der Waals surface area contributed by atoms with Crippen molar-refractivity contribution in [2.45, 2.75) is 25.8 Å². The molecule has 1 amide bonds. The molecule has 196 valence electrons. The fourth-order valence-electron chi connectivity index (χ4n) is 5.65. The van der Waals surface area contributed by atoms with E-state index in [0.717, 1.165) is 25.2 Å². The van der Waals surface area contributed by atoms with Gasteiger partial charge in [-0.15, -0.1) is 0 Å². The molecule has 3 aromatic carbocycles. The van der Waals surface area contributed by atoms with E-state index in [1.165, 1.54) is 6.07 Å². The summed E-state index contributed by atoms with van der Waals surface area (Å²) in [5.41, 5.74) is 2.79. The van der Waals surface area contributed by atoms with Crippen LogP contribution in [0.1, 0.15) is 68.0 Å². The quantitative estimate of drug-likeness (QED) is 0.488. The first kappa shape index (κ1) is 25.7. The molecule has 0 spiro atoms. The molecule has 2 N–H and O–H groups in total. The highest BCUT2D eigenvalue weighted by molar-refractivity contribution is 6.14. The van der Waals surface area contributed by atoms with Gasteiger partial charge in [0.25, 0.3) is 5.91 Å². The van der Waals surface area contributed by atoms with Crippen LogP contribution in [0.15, 0.2) is 72.8 Å². The molecule has 1 fully saturated rings. The van der Waals surface area contributed by atoms with Crippen molar-refractivity contribution in [1.29, 1.82) is 0 Å². The van der Waals surface area contributed by atoms with Gasteiger partial charge in [0.15, 0.2) is 5.78 Å². The van der Waals surface area contributed by atoms with Crippen LogP contribution >= 0.6 is 0 Å². The third-order valence-corrected chi connectivity index (χ3v) is 7.40. The first-order chi connectivity index (χ1) is 18.3. The number of aromatic carboxylic acids is 1. The molecule has 7 nitrogen and oxygen atoms in total. The van der Waals surface area contributed by atoms with Gasteiger partial charge in [0.1, 0.15) is 0 Å². The zero-order valence-electron chi connectivity index (χ0n) is 21.8. The Balaban J connectivity index is 1.48. The lowest BCUT2D eigenvalue weighted by Gasteiger charge is -2.36. The first-order valence-corrected chi connectivity index (χ1v) is 13.2. The van der Waals surface area contributed by atoms with Crippen LogP contribution in [-0.4, -0.2) is 65.3 Å². The highest BCUT2D eigenvalue weighted by Crippen LogP contribution is 2.43. The van der Waals surface area contributed by atoms with E-state index in [1.54, 1.807) is 24.3 Å². The van der Waals surface area contributed by atoms with Crippen LogP contribution in [0.3, 0.4) is 0 Å². The number of Topliss-reactive ketones (excluding diaryl/α,β-unsaturated/α-hetero) is 1. The Morgan fingerprint density at radius 1 is 0.921 bits per heavy atom. The Hall–Kier alpha value is -3.97. The molecule has 0 radical (unpaired) electrons. The first-order valence-electron chi connectivity index (χ1n) is 13.2. The van der Waals surface area contributed by atoms with Crippen LogP contribution < -0.4 is 5.32 Å². The van der Waals surface area contributed by atoms with Crippen LogP contribution in [0.4, 0.5) is 5.69 Å². The molecule has 0 bridgehead atoms. The van der Waals surface area contributed by atoms with Crippen LogP contribution in [-0.2, 0) is 0 Å². The lowest BCUT2D eigenvalue weighted by atomic mass is 9.77. The zero-order chi connectivity index (χ0) is 26.8. The Morgan fingerprint density at radius 2 is 1.61 bits per heavy atom. The van der Waals surface area contributed by atoms with Crippen molar-refractivity contribution in [3.63, 3.8) is 0 Å². The Bertz CT molecular complexity index is 1350. The van der Waals surface area contributed by atoms with Gasteiger partial charge in [-0.1, -0.05) is 62.4 Å². The molecule has 2 atom stereocenters. The standard InChI is InChI=1S/C31H33N3O4/c1-20(2)19-33-14-16-34(17-15-33)30(36)23-11-6-10-22(18-23)26-28(21-8-4-3-5-9-21)32-25-13-7-12-24(31(37)38)27(25)29(26)35/h3-13,18,20,26,28,32H,14-17,19H2,1-2H3,(H,37,38). The zero-order valence-corrected chi connectivity index (χ0v) is 21.8. The minimum atomic E-state index is -1.14. The van der Waals surface area contributed by atoms with Gasteiger partial charge in [-0.2, -0.15) is 0 Å². The normalized spacial score (nSPS) is 19.7. The van der Waals surface area contributed by atoms with Crippen molar-refractivity contribution >= 4 is 23.3 Å². The Kier molecular flexibility index (Phi) is 7.29. The van der Waals surface area contributed by atoms with Gasteiger partial charge < -0.3 is 15.3 Å². The van der Waals surface area contributed by atoms with Crippen LogP contribution in [0.2, 0.25) is 0 Å². The number of hydrogen-bond donors (Lipinski definition) is 2. The molecular formula is C31H33N3O4. The number of hydrogen-bond acceptors (Lipinski definition) is 5. The van der Waals surface area contributed by atoms with E-state index in [9.17, 15) is 19.5 Å². The van der Waals surface area contributed by atoms with Gasteiger partial charge >= 0.3 is 5.97 Å². The van der Waals surface area contributed by atoms with Crippen LogP contribution in [0, 0.1) is 5.92 Å². The van der Waals surface area contributed by atoms with Crippen molar-refractivity contribution in [2.75, 3.05) is 38.0 Å². The highest BCUT2D eigenvalue weighted by atomic mass is 16.4. The van der Waals surface area contributed by atoms with Gasteiger partial charge in [-0.3, -0.25) is 14.5 Å². The van der Waals surface area contributed by atoms with Crippen molar-refractivity contribution in [3.8, 4) is 0 Å². The minimum Gasteiger partial charge on any atom is -0.478 e. The number of benzene rings is 3. The van der Waals surface area contributed by atoms with Crippen molar-refractivity contribution in [1.82, 2.24) is 9.80 Å². The largest absolute Gasteiger partial charge is 0.478 e. The Labute approximate surface area is 223 Å². The molecule has 0 aliphatic carbocycles. The molecule has 0 aromatic heterocycles. The lowest BCUT2D eigenvalue weighted by molar-refractivity contribution is 0.0622. The summed E-state index contributed by atoms with van der Waals surface area (Å²) in [4.78, 5) is 43.7. The average Bonchev–Trinajstić information content (AvgIpc) is 2.93. The number of piperazine rings is 1. The van der Waals surface area contributed by atoms with E-state index in [-0.39, 0.29) is 22.8 Å². The number of nitrogens with zero attached hydrogens (tertiary/aromatic N) is 2. The van der Waals surface area contributed by atoms with E-state index in [1.807, 2.05) is 47.4 Å². The van der Waals surface area contributed by atoms with Crippen molar-refractivity contribution < 1.29 is 19.5 Å². The van der Waals surface area contributed by atoms with E-state index in [0.29, 0.717) is 35.8 Å². The predicted octanol–water partition coefficient (Wildman–Crippen LogP) is 4.93. The maximum atomic E-state index is 14.0. The van der Waals surface area contributed by atoms with Gasteiger partial charge in [0.05, 0.1) is 23.1 Å². The van der Waals surface area contributed by atoms with Gasteiger partial charge in [-0.25, -0.2) is 4.79 Å². The summed E-state index contributed by atoms with van der Waals surface area (Å²) in [5, 5.41) is 13.2. The monoisotopic (exact) mass is 511 g/mol. The molecule has 3 aromatic rings. The highest BCUT2D eigenvalue weighted by Gasteiger charge is 2.40. The summed E-state index contributed by atoms with van der Waals surface area (Å²) < 4.78 is 0. The van der Waals surface area contributed by atoms with E-state index >= 15 is 0 Å². The summed E-state index contributed by atoms with van der Waals surface area (Å²) >= 11 is 0. The maximum Gasteiger partial charge on any atom is 0.336 e. The molecule has 0 saturated carbocycles. The molecule has 2 unspecified atom stereocenters. The number of anilines is 1. The summed E-state index contributed by atoms with van der Waals surface area (Å²) in [6.07, 6.45) is 0. The second-order valence-corrected chi connectivity index (χ2v) is 10.5. The second-order valence-electron chi connectivity index (χ2n) is 10.5. The van der Waals surface area contributed by atoms with Gasteiger partial charge in [-0.05, 0) is 41.3 Å². The average molecular weight is 512 g/mol. The molecule has 2 aliphatic rings. The lowest BCUT2D eigenvalue weighted by Crippen LogP contribution is -2.49. The van der Waals surface area contributed by atoms with E-state index < -0.39 is 17.9 Å². The molecule has 7 heteroatoms. The number of amides is 1. The second kappa shape index (κ2) is 10.8. The van der Waals surface area contributed by atoms with Gasteiger partial charge in [0, 0.05) is 44.0 Å². The molecule has 38 heavy (non-hydrogen) atoms. The summed E-state index contributed by atoms with van der Waals surface area (Å²) in [5.74, 6) is -1.57. The van der Waals surface area contributed by atoms with Crippen molar-refractivity contribution in [2.24, 2.45) is 5.92 Å². The smallest absolute Gasteiger partial charge is 0.336 e. The van der Waals surface area contributed by atoms with E-state index in [2.05, 4.69) is 24.1 Å². The molecule has 2 aliphatic heterocycles. The van der Waals surface area contributed by atoms with Crippen LogP contribution in [0.5, 0.6) is 0 Å². The fourth-order valence-corrected chi connectivity index (χ4v) is 5.65. The topological polar surface area (TPSA) is 90.0 Å². The SMILES string of the molecule is CC(C)CN1CCN(C(=O)c2cccc(C3C(=O)c4c(cccc4C(=O)O)NC3c3ccccc3)c2)CC1. The summed E-state index contributed by atoms with van der Waals surface area (Å²) in [7, 11) is 0. The predicted molar refractivity (Wildman–Crippen MR) is 147 cm³/mol. The number of carboxylic acids is 1. The molecule has 2 heterocycles. The number of fused-ring (bicyclic) bond motifs is 1. The van der Waals surface area contributed by atoms with Crippen molar-refractivity contribution in [3.05, 3.63) is 101 Å². The number of carboxylic acid groups (broad SMARTS) is 1.